The normalized spacial score (nSPS) is 10.6. The van der Waals surface area contributed by atoms with Crippen molar-refractivity contribution in [2.24, 2.45) is 0 Å². The van der Waals surface area contributed by atoms with Crippen molar-refractivity contribution in [2.75, 3.05) is 7.11 Å². The number of nitrogens with one attached hydrogen (secondary N) is 1. The smallest absolute Gasteiger partial charge is 0.200 e. The molecule has 0 amide bonds. The predicted molar refractivity (Wildman–Crippen MR) is 69.8 cm³/mol. The first-order chi connectivity index (χ1) is 8.04. The van der Waals surface area contributed by atoms with Crippen molar-refractivity contribution in [3.05, 3.63) is 34.2 Å². The minimum absolute atomic E-state index is 0.408. The molecule has 0 bridgehead atoms. The number of benzene rings is 1. The topological polar surface area (TPSA) is 37.9 Å². The maximum absolute atomic E-state index is 5.81. The second-order valence-corrected chi connectivity index (χ2v) is 4.47. The van der Waals surface area contributed by atoms with Crippen molar-refractivity contribution in [1.82, 2.24) is 9.97 Å². The lowest BCUT2D eigenvalue weighted by Gasteiger charge is -2.14. The molecular formula is C13H15ClN2O. The molecule has 0 saturated carbocycles. The molecule has 90 valence electrons. The molecule has 0 spiro atoms. The number of imidazole rings is 1. The SMILES string of the molecule is COc1c(C)cc(-c2cnc(Cl)[nH]2)c(C)c1C. The van der Waals surface area contributed by atoms with Crippen molar-refractivity contribution >= 4 is 11.6 Å². The van der Waals surface area contributed by atoms with Gasteiger partial charge in [0.15, 0.2) is 5.28 Å². The Labute approximate surface area is 106 Å². The molecule has 1 N–H and O–H groups in total. The van der Waals surface area contributed by atoms with Gasteiger partial charge in [0.1, 0.15) is 5.75 Å². The van der Waals surface area contributed by atoms with Gasteiger partial charge < -0.3 is 9.72 Å². The van der Waals surface area contributed by atoms with Crippen LogP contribution in [-0.4, -0.2) is 17.1 Å². The number of aromatic nitrogens is 2. The maximum Gasteiger partial charge on any atom is 0.200 e. The fraction of sp³-hybridized carbons (Fsp3) is 0.308. The summed E-state index contributed by atoms with van der Waals surface area (Å²) in [6.07, 6.45) is 1.75. The molecule has 0 aliphatic carbocycles. The zero-order chi connectivity index (χ0) is 12.6. The van der Waals surface area contributed by atoms with E-state index in [1.807, 2.05) is 6.92 Å². The number of methoxy groups -OCH3 is 1. The number of aryl methyl sites for hydroxylation is 1. The van der Waals surface area contributed by atoms with Gasteiger partial charge in [0.2, 0.25) is 0 Å². The number of hydrogen-bond donors (Lipinski definition) is 1. The van der Waals surface area contributed by atoms with E-state index in [0.717, 1.165) is 28.1 Å². The highest BCUT2D eigenvalue weighted by molar-refractivity contribution is 6.28. The van der Waals surface area contributed by atoms with Crippen LogP contribution in [0.4, 0.5) is 0 Å². The Balaban J connectivity index is 2.64. The largest absolute Gasteiger partial charge is 0.496 e. The molecule has 0 unspecified atom stereocenters. The molecule has 1 heterocycles. The van der Waals surface area contributed by atoms with Crippen LogP contribution in [0.25, 0.3) is 11.3 Å². The van der Waals surface area contributed by atoms with Crippen molar-refractivity contribution in [1.29, 1.82) is 0 Å². The molecule has 0 saturated heterocycles. The van der Waals surface area contributed by atoms with Crippen LogP contribution in [-0.2, 0) is 0 Å². The summed E-state index contributed by atoms with van der Waals surface area (Å²) in [5.41, 5.74) is 5.47. The Hall–Kier alpha value is -1.48. The van der Waals surface area contributed by atoms with Gasteiger partial charge in [0, 0.05) is 5.56 Å². The van der Waals surface area contributed by atoms with Gasteiger partial charge in [0.05, 0.1) is 19.0 Å². The van der Waals surface area contributed by atoms with Gasteiger partial charge in [-0.2, -0.15) is 0 Å². The summed E-state index contributed by atoms with van der Waals surface area (Å²) in [4.78, 5) is 7.05. The second kappa shape index (κ2) is 4.41. The third-order valence-electron chi connectivity index (χ3n) is 3.07. The molecule has 1 aromatic carbocycles. The van der Waals surface area contributed by atoms with Gasteiger partial charge in [0.25, 0.3) is 0 Å². The number of ether oxygens (including phenoxy) is 1. The molecule has 0 aliphatic rings. The first-order valence-electron chi connectivity index (χ1n) is 5.40. The number of nitrogens with zero attached hydrogens (tertiary/aromatic N) is 1. The number of H-pyrrole nitrogens is 1. The van der Waals surface area contributed by atoms with Crippen LogP contribution in [0.2, 0.25) is 5.28 Å². The van der Waals surface area contributed by atoms with E-state index in [9.17, 15) is 0 Å². The van der Waals surface area contributed by atoms with E-state index in [2.05, 4.69) is 29.9 Å². The minimum Gasteiger partial charge on any atom is -0.496 e. The van der Waals surface area contributed by atoms with Crippen molar-refractivity contribution in [3.8, 4) is 17.0 Å². The molecule has 2 rings (SSSR count). The van der Waals surface area contributed by atoms with E-state index in [1.165, 1.54) is 5.56 Å². The van der Waals surface area contributed by atoms with E-state index in [4.69, 9.17) is 16.3 Å². The lowest BCUT2D eigenvalue weighted by atomic mass is 9.97. The van der Waals surface area contributed by atoms with Gasteiger partial charge in [-0.05, 0) is 55.1 Å². The Bertz CT molecular complexity index is 561. The van der Waals surface area contributed by atoms with Crippen LogP contribution in [0, 0.1) is 20.8 Å². The molecule has 0 atom stereocenters. The van der Waals surface area contributed by atoms with Crippen LogP contribution in [0.15, 0.2) is 12.3 Å². The first kappa shape index (κ1) is 12.0. The molecule has 3 nitrogen and oxygen atoms in total. The summed E-state index contributed by atoms with van der Waals surface area (Å²) < 4.78 is 5.40. The second-order valence-electron chi connectivity index (χ2n) is 4.11. The third-order valence-corrected chi connectivity index (χ3v) is 3.26. The van der Waals surface area contributed by atoms with E-state index in [-0.39, 0.29) is 0 Å². The predicted octanol–water partition coefficient (Wildman–Crippen LogP) is 3.66. The quantitative estimate of drug-likeness (QED) is 0.883. The third kappa shape index (κ3) is 2.03. The highest BCUT2D eigenvalue weighted by atomic mass is 35.5. The maximum atomic E-state index is 5.81. The highest BCUT2D eigenvalue weighted by Crippen LogP contribution is 2.33. The van der Waals surface area contributed by atoms with Crippen molar-refractivity contribution < 1.29 is 4.74 Å². The molecule has 0 aliphatic heterocycles. The monoisotopic (exact) mass is 250 g/mol. The summed E-state index contributed by atoms with van der Waals surface area (Å²) in [7, 11) is 1.70. The number of aromatic amines is 1. The average molecular weight is 251 g/mol. The number of halogens is 1. The summed E-state index contributed by atoms with van der Waals surface area (Å²) >= 11 is 5.81. The Morgan fingerprint density at radius 1 is 1.24 bits per heavy atom. The minimum atomic E-state index is 0.408. The van der Waals surface area contributed by atoms with E-state index in [1.54, 1.807) is 13.3 Å². The molecule has 1 aromatic heterocycles. The first-order valence-corrected chi connectivity index (χ1v) is 5.78. The van der Waals surface area contributed by atoms with Crippen molar-refractivity contribution in [3.63, 3.8) is 0 Å². The van der Waals surface area contributed by atoms with E-state index < -0.39 is 0 Å². The molecular weight excluding hydrogens is 236 g/mol. The van der Waals surface area contributed by atoms with Crippen LogP contribution in [0.1, 0.15) is 16.7 Å². The zero-order valence-corrected chi connectivity index (χ0v) is 11.1. The number of rotatable bonds is 2. The highest BCUT2D eigenvalue weighted by Gasteiger charge is 2.13. The lowest BCUT2D eigenvalue weighted by molar-refractivity contribution is 0.408. The Morgan fingerprint density at radius 2 is 1.94 bits per heavy atom. The van der Waals surface area contributed by atoms with Gasteiger partial charge in [-0.25, -0.2) is 4.98 Å². The molecule has 2 aromatic rings. The fourth-order valence-electron chi connectivity index (χ4n) is 2.09. The Kier molecular flexibility index (Phi) is 3.11. The average Bonchev–Trinajstić information content (AvgIpc) is 2.71. The molecule has 0 fully saturated rings. The number of hydrogen-bond acceptors (Lipinski definition) is 2. The Morgan fingerprint density at radius 3 is 2.47 bits per heavy atom. The molecule has 0 radical (unpaired) electrons. The van der Waals surface area contributed by atoms with Gasteiger partial charge >= 0.3 is 0 Å². The van der Waals surface area contributed by atoms with Crippen LogP contribution in [0.5, 0.6) is 5.75 Å². The van der Waals surface area contributed by atoms with Crippen molar-refractivity contribution in [2.45, 2.75) is 20.8 Å². The van der Waals surface area contributed by atoms with Gasteiger partial charge in [-0.3, -0.25) is 0 Å². The summed E-state index contributed by atoms with van der Waals surface area (Å²) in [5.74, 6) is 0.942. The zero-order valence-electron chi connectivity index (χ0n) is 10.4. The van der Waals surface area contributed by atoms with E-state index in [0.29, 0.717) is 5.28 Å². The van der Waals surface area contributed by atoms with Crippen LogP contribution < -0.4 is 4.74 Å². The lowest BCUT2D eigenvalue weighted by Crippen LogP contribution is -1.96. The van der Waals surface area contributed by atoms with Gasteiger partial charge in [-0.1, -0.05) is 0 Å². The van der Waals surface area contributed by atoms with E-state index >= 15 is 0 Å². The fourth-order valence-corrected chi connectivity index (χ4v) is 2.24. The van der Waals surface area contributed by atoms with Gasteiger partial charge in [-0.15, -0.1) is 0 Å². The summed E-state index contributed by atoms with van der Waals surface area (Å²) in [5, 5.41) is 0.408. The standard InChI is InChI=1S/C13H15ClN2O/c1-7-5-10(11-6-15-13(14)16-11)8(2)9(3)12(7)17-4/h5-6H,1-4H3,(H,15,16). The van der Waals surface area contributed by atoms with Crippen LogP contribution >= 0.6 is 11.6 Å². The summed E-state index contributed by atoms with van der Waals surface area (Å²) in [6, 6.07) is 2.09. The molecule has 4 heteroatoms. The molecule has 17 heavy (non-hydrogen) atoms. The summed E-state index contributed by atoms with van der Waals surface area (Å²) in [6.45, 7) is 6.16. The van der Waals surface area contributed by atoms with Crippen LogP contribution in [0.3, 0.4) is 0 Å².